The van der Waals surface area contributed by atoms with Crippen LogP contribution in [0.2, 0.25) is 0 Å². The second kappa shape index (κ2) is 6.89. The van der Waals surface area contributed by atoms with E-state index in [4.69, 9.17) is 0 Å². The molecule has 0 spiro atoms. The van der Waals surface area contributed by atoms with Gasteiger partial charge >= 0.3 is 0 Å². The average Bonchev–Trinajstić information content (AvgIpc) is 2.12. The number of hydrogen-bond acceptors (Lipinski definition) is 2. The molecule has 1 saturated carbocycles. The van der Waals surface area contributed by atoms with Crippen molar-refractivity contribution in [1.82, 2.24) is 4.90 Å². The summed E-state index contributed by atoms with van der Waals surface area (Å²) in [4.78, 5) is 6.93. The van der Waals surface area contributed by atoms with Gasteiger partial charge in [-0.15, -0.1) is 0 Å². The van der Waals surface area contributed by atoms with E-state index in [1.165, 1.54) is 19.3 Å². The van der Waals surface area contributed by atoms with Crippen LogP contribution < -0.4 is 0 Å². The van der Waals surface area contributed by atoms with Crippen molar-refractivity contribution >= 4 is 6.21 Å². The minimum Gasteiger partial charge on any atom is -0.294 e. The molecule has 0 unspecified atom stereocenters. The number of aliphatic imine (C=N–C) groups is 1. The largest absolute Gasteiger partial charge is 0.294 e. The summed E-state index contributed by atoms with van der Waals surface area (Å²) in [6, 6.07) is 0.748. The van der Waals surface area contributed by atoms with Gasteiger partial charge in [0.15, 0.2) is 0 Å². The molecule has 0 amide bonds. The van der Waals surface area contributed by atoms with Crippen molar-refractivity contribution in [2.24, 2.45) is 10.4 Å². The van der Waals surface area contributed by atoms with Crippen LogP contribution in [-0.4, -0.2) is 30.2 Å². The third kappa shape index (κ3) is 5.63. The molecule has 1 rings (SSSR count). The van der Waals surface area contributed by atoms with Crippen LogP contribution in [0.25, 0.3) is 0 Å². The summed E-state index contributed by atoms with van der Waals surface area (Å²) in [6.45, 7) is 15.0. The molecule has 0 aromatic carbocycles. The summed E-state index contributed by atoms with van der Waals surface area (Å²) in [7, 11) is 0. The van der Waals surface area contributed by atoms with Crippen LogP contribution in [0.5, 0.6) is 0 Å². The van der Waals surface area contributed by atoms with E-state index in [1.54, 1.807) is 0 Å². The number of rotatable bonds is 6. The van der Waals surface area contributed by atoms with Crippen molar-refractivity contribution in [2.75, 3.05) is 13.1 Å². The van der Waals surface area contributed by atoms with Gasteiger partial charge in [-0.25, -0.2) is 0 Å². The zero-order valence-electron chi connectivity index (χ0n) is 12.4. The van der Waals surface area contributed by atoms with Gasteiger partial charge in [0, 0.05) is 31.0 Å². The molecule has 0 saturated heterocycles. The molecule has 102 valence electrons. The summed E-state index contributed by atoms with van der Waals surface area (Å²) in [5, 5.41) is 0. The Morgan fingerprint density at radius 2 is 2.06 bits per heavy atom. The Labute approximate surface area is 112 Å². The van der Waals surface area contributed by atoms with Gasteiger partial charge in [-0.1, -0.05) is 39.8 Å². The fourth-order valence-corrected chi connectivity index (χ4v) is 2.18. The van der Waals surface area contributed by atoms with E-state index in [0.29, 0.717) is 5.41 Å². The Bertz CT molecular complexity index is 316. The molecule has 2 heteroatoms. The molecule has 1 fully saturated rings. The number of hydrogen-bond donors (Lipinski definition) is 0. The molecule has 0 bridgehead atoms. The highest BCUT2D eigenvalue weighted by molar-refractivity contribution is 5.71. The van der Waals surface area contributed by atoms with Crippen LogP contribution in [0.15, 0.2) is 29.4 Å². The molecular formula is C16H28N2. The molecule has 0 atom stereocenters. The summed E-state index contributed by atoms with van der Waals surface area (Å²) in [5.41, 5.74) is 1.30. The minimum absolute atomic E-state index is 0.336. The monoisotopic (exact) mass is 248 g/mol. The van der Waals surface area contributed by atoms with Crippen LogP contribution in [0.1, 0.15) is 47.0 Å². The average molecular weight is 248 g/mol. The van der Waals surface area contributed by atoms with Gasteiger partial charge in [-0.3, -0.25) is 9.89 Å². The molecular weight excluding hydrogens is 220 g/mol. The van der Waals surface area contributed by atoms with Gasteiger partial charge in [0.1, 0.15) is 0 Å². The quantitative estimate of drug-likeness (QED) is 0.648. The second-order valence-electron chi connectivity index (χ2n) is 6.42. The zero-order valence-corrected chi connectivity index (χ0v) is 12.4. The van der Waals surface area contributed by atoms with Gasteiger partial charge in [0.05, 0.1) is 0 Å². The van der Waals surface area contributed by atoms with E-state index >= 15 is 0 Å². The number of allylic oxidation sites excluding steroid dienone is 2. The second-order valence-corrected chi connectivity index (χ2v) is 6.42. The summed E-state index contributed by atoms with van der Waals surface area (Å²) < 4.78 is 0. The highest BCUT2D eigenvalue weighted by Crippen LogP contribution is 2.28. The first-order valence-electron chi connectivity index (χ1n) is 6.99. The molecule has 1 aliphatic carbocycles. The third-order valence-corrected chi connectivity index (χ3v) is 3.19. The van der Waals surface area contributed by atoms with E-state index in [-0.39, 0.29) is 0 Å². The maximum atomic E-state index is 4.38. The molecule has 0 aromatic rings. The SMILES string of the molecule is C=C(CN(CC(C)(C)C)C1CCC1)/N=C\C=C/C. The predicted octanol–water partition coefficient (Wildman–Crippen LogP) is 4.05. The van der Waals surface area contributed by atoms with E-state index in [9.17, 15) is 0 Å². The molecule has 2 nitrogen and oxygen atoms in total. The Kier molecular flexibility index (Phi) is 5.80. The fourth-order valence-electron chi connectivity index (χ4n) is 2.18. The van der Waals surface area contributed by atoms with Gasteiger partial charge in [-0.2, -0.15) is 0 Å². The zero-order chi connectivity index (χ0) is 13.6. The van der Waals surface area contributed by atoms with Crippen LogP contribution >= 0.6 is 0 Å². The lowest BCUT2D eigenvalue weighted by atomic mass is 9.88. The Morgan fingerprint density at radius 1 is 1.39 bits per heavy atom. The first-order valence-corrected chi connectivity index (χ1v) is 6.99. The third-order valence-electron chi connectivity index (χ3n) is 3.19. The van der Waals surface area contributed by atoms with E-state index in [0.717, 1.165) is 24.8 Å². The molecule has 0 heterocycles. The normalized spacial score (nSPS) is 17.8. The molecule has 0 aliphatic heterocycles. The van der Waals surface area contributed by atoms with Crippen molar-refractivity contribution in [3.05, 3.63) is 24.4 Å². The lowest BCUT2D eigenvalue weighted by Gasteiger charge is -2.40. The standard InChI is InChI=1S/C16H28N2/c1-6-7-11-17-14(2)12-18(13-16(3,4)5)15-9-8-10-15/h6-7,11,15H,2,8-10,12-13H2,1,3-5H3/b7-6-,17-11-. The fraction of sp³-hybridized carbons (Fsp3) is 0.688. The summed E-state index contributed by atoms with van der Waals surface area (Å²) in [5.74, 6) is 0. The van der Waals surface area contributed by atoms with Crippen LogP contribution in [0, 0.1) is 5.41 Å². The molecule has 18 heavy (non-hydrogen) atoms. The summed E-state index contributed by atoms with van der Waals surface area (Å²) in [6.07, 6.45) is 9.81. The maximum Gasteiger partial charge on any atom is 0.0472 e. The first-order chi connectivity index (χ1) is 8.42. The van der Waals surface area contributed by atoms with Crippen LogP contribution in [-0.2, 0) is 0 Å². The number of nitrogens with zero attached hydrogens (tertiary/aromatic N) is 2. The summed E-state index contributed by atoms with van der Waals surface area (Å²) >= 11 is 0. The highest BCUT2D eigenvalue weighted by atomic mass is 15.2. The Morgan fingerprint density at radius 3 is 2.50 bits per heavy atom. The van der Waals surface area contributed by atoms with Gasteiger partial charge in [0.2, 0.25) is 0 Å². The van der Waals surface area contributed by atoms with E-state index in [1.807, 2.05) is 25.3 Å². The van der Waals surface area contributed by atoms with Crippen LogP contribution in [0.4, 0.5) is 0 Å². The van der Waals surface area contributed by atoms with E-state index in [2.05, 4.69) is 37.2 Å². The van der Waals surface area contributed by atoms with Crippen molar-refractivity contribution < 1.29 is 0 Å². The van der Waals surface area contributed by atoms with Crippen molar-refractivity contribution in [3.8, 4) is 0 Å². The van der Waals surface area contributed by atoms with E-state index < -0.39 is 0 Å². The minimum atomic E-state index is 0.336. The van der Waals surface area contributed by atoms with Gasteiger partial charge in [0.25, 0.3) is 0 Å². The first kappa shape index (κ1) is 15.2. The Balaban J connectivity index is 2.52. The molecule has 0 aromatic heterocycles. The lowest BCUT2D eigenvalue weighted by Crippen LogP contribution is -2.45. The van der Waals surface area contributed by atoms with Gasteiger partial charge < -0.3 is 0 Å². The lowest BCUT2D eigenvalue weighted by molar-refractivity contribution is 0.0979. The van der Waals surface area contributed by atoms with Crippen molar-refractivity contribution in [3.63, 3.8) is 0 Å². The topological polar surface area (TPSA) is 15.6 Å². The molecule has 1 aliphatic rings. The molecule has 0 radical (unpaired) electrons. The predicted molar refractivity (Wildman–Crippen MR) is 81.1 cm³/mol. The smallest absolute Gasteiger partial charge is 0.0472 e. The maximum absolute atomic E-state index is 4.38. The Hall–Kier alpha value is -0.890. The van der Waals surface area contributed by atoms with Gasteiger partial charge in [-0.05, 0) is 31.3 Å². The van der Waals surface area contributed by atoms with Crippen molar-refractivity contribution in [1.29, 1.82) is 0 Å². The van der Waals surface area contributed by atoms with Crippen LogP contribution in [0.3, 0.4) is 0 Å². The molecule has 0 N–H and O–H groups in total. The van der Waals surface area contributed by atoms with Crippen molar-refractivity contribution in [2.45, 2.75) is 53.0 Å². The highest BCUT2D eigenvalue weighted by Gasteiger charge is 2.28.